The lowest BCUT2D eigenvalue weighted by atomic mass is 9.97. The van der Waals surface area contributed by atoms with Gasteiger partial charge in [0.1, 0.15) is 5.82 Å². The molecule has 1 aliphatic rings. The van der Waals surface area contributed by atoms with Crippen LogP contribution in [0.1, 0.15) is 46.3 Å². The topological polar surface area (TPSA) is 33.2 Å². The van der Waals surface area contributed by atoms with Crippen LogP contribution in [-0.4, -0.2) is 28.9 Å². The van der Waals surface area contributed by atoms with E-state index in [-0.39, 0.29) is 11.7 Å². The molecule has 3 rings (SSSR count). The lowest BCUT2D eigenvalue weighted by molar-refractivity contribution is -0.132. The predicted octanol–water partition coefficient (Wildman–Crippen LogP) is 4.24. The van der Waals surface area contributed by atoms with Gasteiger partial charge < -0.3 is 4.90 Å². The van der Waals surface area contributed by atoms with Crippen LogP contribution >= 0.6 is 11.3 Å². The first-order valence-electron chi connectivity index (χ1n) is 8.49. The Labute approximate surface area is 146 Å². The molecule has 0 saturated carbocycles. The van der Waals surface area contributed by atoms with Crippen LogP contribution in [0.4, 0.5) is 4.39 Å². The summed E-state index contributed by atoms with van der Waals surface area (Å²) in [5, 5.41) is 1.21. The van der Waals surface area contributed by atoms with Crippen LogP contribution in [0.2, 0.25) is 0 Å². The molecular formula is C19H23FN2OS. The fourth-order valence-electron chi connectivity index (χ4n) is 3.15. The highest BCUT2D eigenvalue weighted by Crippen LogP contribution is 2.32. The molecule has 1 aromatic carbocycles. The van der Waals surface area contributed by atoms with Gasteiger partial charge in [-0.05, 0) is 44.7 Å². The molecule has 5 heteroatoms. The van der Waals surface area contributed by atoms with Crippen LogP contribution in [0.3, 0.4) is 0 Å². The Bertz CT molecular complexity index is 700. The van der Waals surface area contributed by atoms with E-state index in [1.165, 1.54) is 16.0 Å². The van der Waals surface area contributed by atoms with Crippen molar-refractivity contribution in [2.75, 3.05) is 13.1 Å². The summed E-state index contributed by atoms with van der Waals surface area (Å²) in [6.07, 6.45) is 2.78. The quantitative estimate of drug-likeness (QED) is 0.830. The van der Waals surface area contributed by atoms with Gasteiger partial charge in [0, 0.05) is 30.3 Å². The Balaban J connectivity index is 1.51. The van der Waals surface area contributed by atoms with Crippen LogP contribution in [-0.2, 0) is 11.2 Å². The van der Waals surface area contributed by atoms with Gasteiger partial charge in [-0.25, -0.2) is 9.37 Å². The Morgan fingerprint density at radius 3 is 2.62 bits per heavy atom. The van der Waals surface area contributed by atoms with Gasteiger partial charge in [0.2, 0.25) is 5.91 Å². The number of halogens is 1. The van der Waals surface area contributed by atoms with Crippen molar-refractivity contribution in [2.45, 2.75) is 45.4 Å². The zero-order valence-electron chi connectivity index (χ0n) is 14.2. The summed E-state index contributed by atoms with van der Waals surface area (Å²) >= 11 is 1.78. The molecule has 24 heavy (non-hydrogen) atoms. The number of carbonyl (C=O) groups excluding carboxylic acids is 1. The third-order valence-electron chi connectivity index (χ3n) is 4.81. The molecule has 0 unspecified atom stereocenters. The van der Waals surface area contributed by atoms with E-state index in [1.807, 2.05) is 11.0 Å². The maximum absolute atomic E-state index is 13.6. The van der Waals surface area contributed by atoms with E-state index in [0.29, 0.717) is 24.3 Å². The number of thiazole rings is 1. The van der Waals surface area contributed by atoms with E-state index in [2.05, 4.69) is 18.8 Å². The number of nitrogens with zero attached hydrogens (tertiary/aromatic N) is 2. The maximum Gasteiger partial charge on any atom is 0.222 e. The number of hydrogen-bond acceptors (Lipinski definition) is 3. The van der Waals surface area contributed by atoms with Crippen LogP contribution in [0.5, 0.6) is 0 Å². The molecule has 2 heterocycles. The number of aryl methyl sites for hydroxylation is 3. The van der Waals surface area contributed by atoms with Gasteiger partial charge in [0.15, 0.2) is 0 Å². The van der Waals surface area contributed by atoms with Crippen LogP contribution < -0.4 is 0 Å². The second-order valence-electron chi connectivity index (χ2n) is 6.44. The largest absolute Gasteiger partial charge is 0.343 e. The van der Waals surface area contributed by atoms with Crippen molar-refractivity contribution in [3.8, 4) is 0 Å². The molecule has 3 nitrogen and oxygen atoms in total. The minimum atomic E-state index is -0.224. The Kier molecular flexibility index (Phi) is 5.29. The molecule has 2 aromatic rings. The molecular weight excluding hydrogens is 323 g/mol. The van der Waals surface area contributed by atoms with E-state index in [1.54, 1.807) is 23.5 Å². The van der Waals surface area contributed by atoms with Crippen molar-refractivity contribution in [2.24, 2.45) is 0 Å². The van der Waals surface area contributed by atoms with Crippen LogP contribution in [0.25, 0.3) is 0 Å². The van der Waals surface area contributed by atoms with Crippen molar-refractivity contribution < 1.29 is 9.18 Å². The van der Waals surface area contributed by atoms with Crippen molar-refractivity contribution in [3.05, 3.63) is 51.2 Å². The van der Waals surface area contributed by atoms with Gasteiger partial charge in [-0.1, -0.05) is 18.2 Å². The van der Waals surface area contributed by atoms with Crippen LogP contribution in [0.15, 0.2) is 24.3 Å². The lowest BCUT2D eigenvalue weighted by Gasteiger charge is -2.31. The molecule has 0 spiro atoms. The summed E-state index contributed by atoms with van der Waals surface area (Å²) in [5.74, 6) is 0.375. The summed E-state index contributed by atoms with van der Waals surface area (Å²) in [6, 6.07) is 6.69. The highest BCUT2D eigenvalue weighted by atomic mass is 32.1. The van der Waals surface area contributed by atoms with Gasteiger partial charge >= 0.3 is 0 Å². The molecule has 1 fully saturated rings. The number of rotatable bonds is 4. The third-order valence-corrected chi connectivity index (χ3v) is 6.04. The molecule has 0 radical (unpaired) electrons. The average Bonchev–Trinajstić information content (AvgIpc) is 2.93. The number of piperidine rings is 1. The fraction of sp³-hybridized carbons (Fsp3) is 0.474. The molecule has 128 valence electrons. The monoisotopic (exact) mass is 346 g/mol. The zero-order chi connectivity index (χ0) is 17.1. The molecule has 1 aromatic heterocycles. The molecule has 1 amide bonds. The summed E-state index contributed by atoms with van der Waals surface area (Å²) in [4.78, 5) is 20.2. The summed E-state index contributed by atoms with van der Waals surface area (Å²) in [6.45, 7) is 5.71. The summed E-state index contributed by atoms with van der Waals surface area (Å²) in [5.41, 5.74) is 1.74. The fourth-order valence-corrected chi connectivity index (χ4v) is 4.24. The van der Waals surface area contributed by atoms with E-state index in [4.69, 9.17) is 0 Å². The van der Waals surface area contributed by atoms with E-state index in [9.17, 15) is 9.18 Å². The minimum absolute atomic E-state index is 0.128. The number of carbonyl (C=O) groups is 1. The summed E-state index contributed by atoms with van der Waals surface area (Å²) in [7, 11) is 0. The van der Waals surface area contributed by atoms with Crippen molar-refractivity contribution in [1.29, 1.82) is 0 Å². The SMILES string of the molecule is Cc1nc(C2CCN(C(=O)CCc3ccccc3F)CC2)sc1C. The molecule has 0 N–H and O–H groups in total. The number of benzene rings is 1. The number of hydrogen-bond donors (Lipinski definition) is 0. The smallest absolute Gasteiger partial charge is 0.222 e. The van der Waals surface area contributed by atoms with Gasteiger partial charge in [0.05, 0.1) is 10.7 Å². The third kappa shape index (κ3) is 3.83. The molecule has 0 atom stereocenters. The van der Waals surface area contributed by atoms with Crippen molar-refractivity contribution in [3.63, 3.8) is 0 Å². The van der Waals surface area contributed by atoms with Gasteiger partial charge in [-0.2, -0.15) is 0 Å². The maximum atomic E-state index is 13.6. The first kappa shape index (κ1) is 17.1. The van der Waals surface area contributed by atoms with E-state index >= 15 is 0 Å². The minimum Gasteiger partial charge on any atom is -0.343 e. The van der Waals surface area contributed by atoms with Crippen molar-refractivity contribution in [1.82, 2.24) is 9.88 Å². The van der Waals surface area contributed by atoms with E-state index in [0.717, 1.165) is 31.6 Å². The number of aromatic nitrogens is 1. The molecule has 0 aliphatic carbocycles. The number of amides is 1. The second-order valence-corrected chi connectivity index (χ2v) is 7.67. The molecule has 1 aliphatic heterocycles. The first-order valence-corrected chi connectivity index (χ1v) is 9.31. The highest BCUT2D eigenvalue weighted by Gasteiger charge is 2.25. The highest BCUT2D eigenvalue weighted by molar-refractivity contribution is 7.11. The Morgan fingerprint density at radius 1 is 1.29 bits per heavy atom. The summed E-state index contributed by atoms with van der Waals surface area (Å²) < 4.78 is 13.6. The van der Waals surface area contributed by atoms with Crippen molar-refractivity contribution >= 4 is 17.2 Å². The Morgan fingerprint density at radius 2 is 2.00 bits per heavy atom. The lowest BCUT2D eigenvalue weighted by Crippen LogP contribution is -2.38. The Hall–Kier alpha value is -1.75. The average molecular weight is 346 g/mol. The van der Waals surface area contributed by atoms with Gasteiger partial charge in [-0.3, -0.25) is 4.79 Å². The number of likely N-dealkylation sites (tertiary alicyclic amines) is 1. The van der Waals surface area contributed by atoms with E-state index < -0.39 is 0 Å². The standard InChI is InChI=1S/C19H23FN2OS/c1-13-14(2)24-19(21-13)16-9-11-22(12-10-16)18(23)8-7-15-5-3-4-6-17(15)20/h3-6,16H,7-12H2,1-2H3. The molecule has 0 bridgehead atoms. The predicted molar refractivity (Wildman–Crippen MR) is 94.9 cm³/mol. The molecule has 1 saturated heterocycles. The second kappa shape index (κ2) is 7.43. The first-order chi connectivity index (χ1) is 11.5. The normalized spacial score (nSPS) is 15.7. The van der Waals surface area contributed by atoms with Gasteiger partial charge in [0.25, 0.3) is 0 Å². The van der Waals surface area contributed by atoms with Gasteiger partial charge in [-0.15, -0.1) is 11.3 Å². The van der Waals surface area contributed by atoms with Crippen LogP contribution in [0, 0.1) is 19.7 Å². The zero-order valence-corrected chi connectivity index (χ0v) is 15.0.